The van der Waals surface area contributed by atoms with E-state index in [4.69, 9.17) is 16.3 Å². The molecule has 0 aromatic heterocycles. The first-order valence-electron chi connectivity index (χ1n) is 7.30. The van der Waals surface area contributed by atoms with Crippen LogP contribution in [0, 0.1) is 6.92 Å². The van der Waals surface area contributed by atoms with Gasteiger partial charge in [0.25, 0.3) is 5.91 Å². The summed E-state index contributed by atoms with van der Waals surface area (Å²) >= 11 is 5.84. The van der Waals surface area contributed by atoms with Gasteiger partial charge in [-0.1, -0.05) is 41.4 Å². The zero-order chi connectivity index (χ0) is 15.9. The lowest BCUT2D eigenvalue weighted by atomic mass is 10.1. The first-order chi connectivity index (χ1) is 10.5. The predicted molar refractivity (Wildman–Crippen MR) is 89.4 cm³/mol. The SMILES string of the molecule is Cc1ccc(O[C@@H](C)C(=O)NCCc2ccc(Cl)cc2)cc1. The third kappa shape index (κ3) is 5.08. The normalized spacial score (nSPS) is 11.8. The van der Waals surface area contributed by atoms with Crippen molar-refractivity contribution in [1.29, 1.82) is 0 Å². The highest BCUT2D eigenvalue weighted by molar-refractivity contribution is 6.30. The van der Waals surface area contributed by atoms with Crippen molar-refractivity contribution in [2.75, 3.05) is 6.54 Å². The van der Waals surface area contributed by atoms with Crippen molar-refractivity contribution in [3.05, 3.63) is 64.7 Å². The van der Waals surface area contributed by atoms with Gasteiger partial charge in [0, 0.05) is 11.6 Å². The molecule has 0 saturated heterocycles. The fourth-order valence-corrected chi connectivity index (χ4v) is 2.13. The summed E-state index contributed by atoms with van der Waals surface area (Å²) in [6, 6.07) is 15.3. The van der Waals surface area contributed by atoms with Crippen LogP contribution in [-0.4, -0.2) is 18.6 Å². The van der Waals surface area contributed by atoms with Gasteiger partial charge >= 0.3 is 0 Å². The Labute approximate surface area is 136 Å². The largest absolute Gasteiger partial charge is 0.481 e. The first kappa shape index (κ1) is 16.4. The summed E-state index contributed by atoms with van der Waals surface area (Å²) in [7, 11) is 0. The van der Waals surface area contributed by atoms with Crippen LogP contribution in [0.25, 0.3) is 0 Å². The molecule has 0 unspecified atom stereocenters. The Morgan fingerprint density at radius 1 is 1.14 bits per heavy atom. The number of ether oxygens (including phenoxy) is 1. The highest BCUT2D eigenvalue weighted by Crippen LogP contribution is 2.13. The number of carbonyl (C=O) groups is 1. The number of amides is 1. The summed E-state index contributed by atoms with van der Waals surface area (Å²) < 4.78 is 5.62. The minimum Gasteiger partial charge on any atom is -0.481 e. The molecule has 0 aliphatic carbocycles. The van der Waals surface area contributed by atoms with Crippen molar-refractivity contribution in [3.8, 4) is 5.75 Å². The van der Waals surface area contributed by atoms with Crippen molar-refractivity contribution >= 4 is 17.5 Å². The van der Waals surface area contributed by atoms with E-state index in [2.05, 4.69) is 5.32 Å². The fraction of sp³-hybridized carbons (Fsp3) is 0.278. The number of nitrogens with one attached hydrogen (secondary N) is 1. The van der Waals surface area contributed by atoms with E-state index in [1.165, 1.54) is 0 Å². The summed E-state index contributed by atoms with van der Waals surface area (Å²) in [4.78, 5) is 12.0. The Morgan fingerprint density at radius 3 is 2.41 bits per heavy atom. The van der Waals surface area contributed by atoms with Gasteiger partial charge in [-0.3, -0.25) is 4.79 Å². The molecule has 0 fully saturated rings. The van der Waals surface area contributed by atoms with Crippen molar-refractivity contribution in [2.24, 2.45) is 0 Å². The van der Waals surface area contributed by atoms with Crippen LogP contribution in [0.2, 0.25) is 5.02 Å². The molecule has 0 aliphatic heterocycles. The molecule has 0 bridgehead atoms. The van der Waals surface area contributed by atoms with Gasteiger partial charge in [-0.25, -0.2) is 0 Å². The van der Waals surface area contributed by atoms with Gasteiger partial charge < -0.3 is 10.1 Å². The number of hydrogen-bond acceptors (Lipinski definition) is 2. The summed E-state index contributed by atoms with van der Waals surface area (Å²) in [5, 5.41) is 3.60. The van der Waals surface area contributed by atoms with Crippen LogP contribution in [0.3, 0.4) is 0 Å². The lowest BCUT2D eigenvalue weighted by Gasteiger charge is -2.15. The molecule has 116 valence electrons. The molecule has 1 N–H and O–H groups in total. The lowest BCUT2D eigenvalue weighted by molar-refractivity contribution is -0.127. The molecule has 2 aromatic carbocycles. The van der Waals surface area contributed by atoms with Crippen LogP contribution < -0.4 is 10.1 Å². The quantitative estimate of drug-likeness (QED) is 0.880. The van der Waals surface area contributed by atoms with Crippen LogP contribution in [-0.2, 0) is 11.2 Å². The van der Waals surface area contributed by atoms with Crippen LogP contribution in [0.1, 0.15) is 18.1 Å². The summed E-state index contributed by atoms with van der Waals surface area (Å²) in [5.41, 5.74) is 2.30. The molecule has 0 radical (unpaired) electrons. The lowest BCUT2D eigenvalue weighted by Crippen LogP contribution is -2.37. The Hall–Kier alpha value is -2.00. The van der Waals surface area contributed by atoms with Gasteiger partial charge in [-0.15, -0.1) is 0 Å². The molecule has 0 spiro atoms. The molecule has 0 heterocycles. The minimum absolute atomic E-state index is 0.116. The first-order valence-corrected chi connectivity index (χ1v) is 7.68. The van der Waals surface area contributed by atoms with Crippen molar-refractivity contribution in [3.63, 3.8) is 0 Å². The van der Waals surface area contributed by atoms with Crippen LogP contribution >= 0.6 is 11.6 Å². The van der Waals surface area contributed by atoms with Crippen molar-refractivity contribution < 1.29 is 9.53 Å². The summed E-state index contributed by atoms with van der Waals surface area (Å²) in [6.07, 6.45) is 0.244. The van der Waals surface area contributed by atoms with Gasteiger partial charge in [0.2, 0.25) is 0 Å². The Kier molecular flexibility index (Phi) is 5.84. The van der Waals surface area contributed by atoms with Gasteiger partial charge in [-0.05, 0) is 50.1 Å². The van der Waals surface area contributed by atoms with Gasteiger partial charge in [0.15, 0.2) is 6.10 Å². The van der Waals surface area contributed by atoms with E-state index in [1.54, 1.807) is 6.92 Å². The molecule has 1 atom stereocenters. The maximum Gasteiger partial charge on any atom is 0.260 e. The Bertz CT molecular complexity index is 608. The standard InChI is InChI=1S/C18H20ClNO2/c1-13-3-9-17(10-4-13)22-14(2)18(21)20-12-11-15-5-7-16(19)8-6-15/h3-10,14H,11-12H2,1-2H3,(H,20,21)/t14-/m0/s1. The minimum atomic E-state index is -0.520. The predicted octanol–water partition coefficient (Wildman–Crippen LogP) is 3.77. The smallest absolute Gasteiger partial charge is 0.260 e. The number of hydrogen-bond donors (Lipinski definition) is 1. The van der Waals surface area contributed by atoms with Crippen LogP contribution in [0.4, 0.5) is 0 Å². The van der Waals surface area contributed by atoms with E-state index in [9.17, 15) is 4.79 Å². The number of carbonyl (C=O) groups excluding carboxylic acids is 1. The number of rotatable bonds is 6. The summed E-state index contributed by atoms with van der Waals surface area (Å²) in [6.45, 7) is 4.33. The molecule has 22 heavy (non-hydrogen) atoms. The maximum absolute atomic E-state index is 12.0. The number of aryl methyl sites for hydroxylation is 1. The molecule has 4 heteroatoms. The highest BCUT2D eigenvalue weighted by Gasteiger charge is 2.13. The molecule has 3 nitrogen and oxygen atoms in total. The van der Waals surface area contributed by atoms with E-state index in [0.717, 1.165) is 17.5 Å². The zero-order valence-corrected chi connectivity index (χ0v) is 13.6. The highest BCUT2D eigenvalue weighted by atomic mass is 35.5. The summed E-state index contributed by atoms with van der Waals surface area (Å²) in [5.74, 6) is 0.584. The molecular weight excluding hydrogens is 298 g/mol. The van der Waals surface area contributed by atoms with Gasteiger partial charge in [0.1, 0.15) is 5.75 Å². The van der Waals surface area contributed by atoms with E-state index in [0.29, 0.717) is 17.3 Å². The third-order valence-corrected chi connectivity index (χ3v) is 3.58. The van der Waals surface area contributed by atoms with Crippen LogP contribution in [0.5, 0.6) is 5.75 Å². The average Bonchev–Trinajstić information content (AvgIpc) is 2.51. The monoisotopic (exact) mass is 317 g/mol. The third-order valence-electron chi connectivity index (χ3n) is 3.33. The van der Waals surface area contributed by atoms with Crippen LogP contribution in [0.15, 0.2) is 48.5 Å². The molecule has 2 rings (SSSR count). The van der Waals surface area contributed by atoms with E-state index < -0.39 is 6.10 Å². The fourth-order valence-electron chi connectivity index (χ4n) is 2.00. The maximum atomic E-state index is 12.0. The Morgan fingerprint density at radius 2 is 1.77 bits per heavy atom. The Balaban J connectivity index is 1.76. The molecule has 0 aliphatic rings. The van der Waals surface area contributed by atoms with Crippen molar-refractivity contribution in [1.82, 2.24) is 5.32 Å². The topological polar surface area (TPSA) is 38.3 Å². The van der Waals surface area contributed by atoms with Gasteiger partial charge in [0.05, 0.1) is 0 Å². The molecule has 2 aromatic rings. The average molecular weight is 318 g/mol. The molecule has 1 amide bonds. The van der Waals surface area contributed by atoms with Gasteiger partial charge in [-0.2, -0.15) is 0 Å². The number of halogens is 1. The second-order valence-corrected chi connectivity index (χ2v) is 5.68. The molecule has 0 saturated carbocycles. The van der Waals surface area contributed by atoms with E-state index in [-0.39, 0.29) is 5.91 Å². The number of benzene rings is 2. The van der Waals surface area contributed by atoms with Crippen molar-refractivity contribution in [2.45, 2.75) is 26.4 Å². The van der Waals surface area contributed by atoms with E-state index >= 15 is 0 Å². The second kappa shape index (κ2) is 7.85. The zero-order valence-electron chi connectivity index (χ0n) is 12.8. The van der Waals surface area contributed by atoms with E-state index in [1.807, 2.05) is 55.5 Å². The second-order valence-electron chi connectivity index (χ2n) is 5.24. The molecular formula is C18H20ClNO2.